The van der Waals surface area contributed by atoms with Crippen LogP contribution in [0.1, 0.15) is 13.3 Å². The summed E-state index contributed by atoms with van der Waals surface area (Å²) in [6.45, 7) is 6.56. The van der Waals surface area contributed by atoms with Gasteiger partial charge in [-0.1, -0.05) is 0 Å². The maximum Gasteiger partial charge on any atom is 0.236 e. The van der Waals surface area contributed by atoms with Crippen LogP contribution in [0, 0.1) is 5.92 Å². The van der Waals surface area contributed by atoms with Gasteiger partial charge in [-0.05, 0) is 25.8 Å². The third-order valence-electron chi connectivity index (χ3n) is 3.58. The molecule has 2 rings (SSSR count). The Hall–Kier alpha value is -0.650. The fourth-order valence-corrected chi connectivity index (χ4v) is 2.54. The second kappa shape index (κ2) is 5.80. The molecule has 2 saturated heterocycles. The predicted octanol–water partition coefficient (Wildman–Crippen LogP) is -0.452. The van der Waals surface area contributed by atoms with Gasteiger partial charge in [-0.15, -0.1) is 0 Å². The fraction of sp³-hybridized carbons (Fsp3) is 0.917. The molecule has 0 spiro atoms. The minimum absolute atomic E-state index is 0.150. The second-order valence-electron chi connectivity index (χ2n) is 5.09. The van der Waals surface area contributed by atoms with E-state index in [0.717, 1.165) is 19.5 Å². The van der Waals surface area contributed by atoms with Gasteiger partial charge >= 0.3 is 0 Å². The number of nitrogens with zero attached hydrogens (tertiary/aromatic N) is 2. The van der Waals surface area contributed by atoms with Crippen LogP contribution >= 0.6 is 0 Å². The van der Waals surface area contributed by atoms with Crippen molar-refractivity contribution in [2.45, 2.75) is 19.4 Å². The van der Waals surface area contributed by atoms with Crippen molar-refractivity contribution in [2.24, 2.45) is 5.92 Å². The normalized spacial score (nSPS) is 30.8. The average molecular weight is 242 g/mol. The molecule has 98 valence electrons. The van der Waals surface area contributed by atoms with Crippen molar-refractivity contribution < 1.29 is 14.6 Å². The molecule has 1 amide bonds. The molecular weight excluding hydrogens is 220 g/mol. The SMILES string of the molecule is CC1CN(C(=O)CN2CCC(CO)C2)CCO1. The highest BCUT2D eigenvalue weighted by Gasteiger charge is 2.27. The van der Waals surface area contributed by atoms with Gasteiger partial charge in [-0.3, -0.25) is 9.69 Å². The first-order chi connectivity index (χ1) is 8.19. The predicted molar refractivity (Wildman–Crippen MR) is 63.6 cm³/mol. The van der Waals surface area contributed by atoms with Crippen LogP contribution in [0.3, 0.4) is 0 Å². The molecule has 1 N–H and O–H groups in total. The van der Waals surface area contributed by atoms with Gasteiger partial charge in [-0.25, -0.2) is 0 Å². The highest BCUT2D eigenvalue weighted by Crippen LogP contribution is 2.15. The first kappa shape index (κ1) is 12.8. The molecular formula is C12H22N2O3. The third-order valence-corrected chi connectivity index (χ3v) is 3.58. The number of aliphatic hydroxyl groups is 1. The molecule has 0 aromatic carbocycles. The molecule has 2 unspecified atom stereocenters. The zero-order chi connectivity index (χ0) is 12.3. The molecule has 0 aromatic heterocycles. The van der Waals surface area contributed by atoms with Crippen molar-refractivity contribution in [3.05, 3.63) is 0 Å². The monoisotopic (exact) mass is 242 g/mol. The Bertz CT molecular complexity index is 272. The fourth-order valence-electron chi connectivity index (χ4n) is 2.54. The molecule has 0 radical (unpaired) electrons. The first-order valence-corrected chi connectivity index (χ1v) is 6.41. The molecule has 0 aromatic rings. The number of likely N-dealkylation sites (tertiary alicyclic amines) is 1. The summed E-state index contributed by atoms with van der Waals surface area (Å²) in [6, 6.07) is 0. The van der Waals surface area contributed by atoms with E-state index in [1.54, 1.807) is 0 Å². The number of morpholine rings is 1. The van der Waals surface area contributed by atoms with Crippen molar-refractivity contribution in [1.29, 1.82) is 0 Å². The van der Waals surface area contributed by atoms with E-state index in [-0.39, 0.29) is 18.6 Å². The highest BCUT2D eigenvalue weighted by atomic mass is 16.5. The van der Waals surface area contributed by atoms with Crippen LogP contribution in [-0.2, 0) is 9.53 Å². The largest absolute Gasteiger partial charge is 0.396 e. The van der Waals surface area contributed by atoms with Crippen LogP contribution in [0.5, 0.6) is 0 Å². The summed E-state index contributed by atoms with van der Waals surface area (Å²) >= 11 is 0. The molecule has 2 heterocycles. The van der Waals surface area contributed by atoms with Crippen molar-refractivity contribution in [3.63, 3.8) is 0 Å². The first-order valence-electron chi connectivity index (χ1n) is 6.41. The van der Waals surface area contributed by atoms with E-state index < -0.39 is 0 Å². The quantitative estimate of drug-likeness (QED) is 0.728. The summed E-state index contributed by atoms with van der Waals surface area (Å²) in [6.07, 6.45) is 1.15. The van der Waals surface area contributed by atoms with Crippen LogP contribution < -0.4 is 0 Å². The zero-order valence-electron chi connectivity index (χ0n) is 10.5. The smallest absolute Gasteiger partial charge is 0.236 e. The number of carbonyl (C=O) groups excluding carboxylic acids is 1. The average Bonchev–Trinajstić information content (AvgIpc) is 2.77. The Labute approximate surface area is 102 Å². The van der Waals surface area contributed by atoms with E-state index >= 15 is 0 Å². The Balaban J connectivity index is 1.77. The van der Waals surface area contributed by atoms with Crippen LogP contribution in [0.15, 0.2) is 0 Å². The number of ether oxygens (including phenoxy) is 1. The molecule has 5 nitrogen and oxygen atoms in total. The Morgan fingerprint density at radius 1 is 1.41 bits per heavy atom. The summed E-state index contributed by atoms with van der Waals surface area (Å²) in [5, 5.41) is 9.06. The third kappa shape index (κ3) is 3.40. The van der Waals surface area contributed by atoms with Crippen LogP contribution in [0.4, 0.5) is 0 Å². The molecule has 2 aliphatic rings. The number of aliphatic hydroxyl groups excluding tert-OH is 1. The standard InChI is InChI=1S/C12H22N2O3/c1-10-6-14(4-5-17-10)12(16)8-13-3-2-11(7-13)9-15/h10-11,15H,2-9H2,1H3. The lowest BCUT2D eigenvalue weighted by atomic mass is 10.1. The summed E-state index contributed by atoms with van der Waals surface area (Å²) in [7, 11) is 0. The van der Waals surface area contributed by atoms with Crippen molar-refractivity contribution in [1.82, 2.24) is 9.80 Å². The Morgan fingerprint density at radius 2 is 2.24 bits per heavy atom. The number of rotatable bonds is 3. The van der Waals surface area contributed by atoms with E-state index in [9.17, 15) is 4.79 Å². The van der Waals surface area contributed by atoms with Gasteiger partial charge in [0.25, 0.3) is 0 Å². The van der Waals surface area contributed by atoms with E-state index in [1.807, 2.05) is 11.8 Å². The van der Waals surface area contributed by atoms with Crippen LogP contribution in [-0.4, -0.2) is 72.9 Å². The van der Waals surface area contributed by atoms with Crippen molar-refractivity contribution in [2.75, 3.05) is 45.9 Å². The van der Waals surface area contributed by atoms with E-state index in [1.165, 1.54) is 0 Å². The summed E-state index contributed by atoms with van der Waals surface area (Å²) in [4.78, 5) is 16.1. The molecule has 2 fully saturated rings. The maximum atomic E-state index is 12.1. The summed E-state index contributed by atoms with van der Waals surface area (Å²) < 4.78 is 5.42. The van der Waals surface area contributed by atoms with E-state index in [2.05, 4.69) is 4.90 Å². The molecule has 2 atom stereocenters. The maximum absolute atomic E-state index is 12.1. The lowest BCUT2D eigenvalue weighted by Crippen LogP contribution is -2.48. The molecule has 0 aliphatic carbocycles. The van der Waals surface area contributed by atoms with Crippen LogP contribution in [0.25, 0.3) is 0 Å². The lowest BCUT2D eigenvalue weighted by molar-refractivity contribution is -0.139. The molecule has 0 bridgehead atoms. The van der Waals surface area contributed by atoms with Gasteiger partial charge in [-0.2, -0.15) is 0 Å². The highest BCUT2D eigenvalue weighted by molar-refractivity contribution is 5.78. The number of hydrogen-bond donors (Lipinski definition) is 1. The number of hydrogen-bond acceptors (Lipinski definition) is 4. The van der Waals surface area contributed by atoms with Gasteiger partial charge in [0.15, 0.2) is 0 Å². The van der Waals surface area contributed by atoms with Gasteiger partial charge in [0.05, 0.1) is 19.3 Å². The second-order valence-corrected chi connectivity index (χ2v) is 5.09. The lowest BCUT2D eigenvalue weighted by Gasteiger charge is -2.32. The minimum atomic E-state index is 0.150. The molecule has 0 saturated carbocycles. The topological polar surface area (TPSA) is 53.0 Å². The van der Waals surface area contributed by atoms with E-state index in [0.29, 0.717) is 32.2 Å². The van der Waals surface area contributed by atoms with Crippen molar-refractivity contribution in [3.8, 4) is 0 Å². The zero-order valence-corrected chi connectivity index (χ0v) is 10.5. The number of carbonyl (C=O) groups is 1. The Morgan fingerprint density at radius 3 is 2.88 bits per heavy atom. The van der Waals surface area contributed by atoms with Gasteiger partial charge in [0, 0.05) is 26.2 Å². The van der Waals surface area contributed by atoms with Gasteiger partial charge in [0.2, 0.25) is 5.91 Å². The van der Waals surface area contributed by atoms with Crippen molar-refractivity contribution >= 4 is 5.91 Å². The minimum Gasteiger partial charge on any atom is -0.396 e. The van der Waals surface area contributed by atoms with E-state index in [4.69, 9.17) is 9.84 Å². The van der Waals surface area contributed by atoms with Gasteiger partial charge < -0.3 is 14.7 Å². The van der Waals surface area contributed by atoms with Crippen LogP contribution in [0.2, 0.25) is 0 Å². The van der Waals surface area contributed by atoms with Gasteiger partial charge in [0.1, 0.15) is 0 Å². The molecule has 2 aliphatic heterocycles. The summed E-state index contributed by atoms with van der Waals surface area (Å²) in [5.74, 6) is 0.546. The summed E-state index contributed by atoms with van der Waals surface area (Å²) in [5.41, 5.74) is 0. The molecule has 5 heteroatoms. The molecule has 17 heavy (non-hydrogen) atoms. The Kier molecular flexibility index (Phi) is 4.36. The number of amides is 1.